The van der Waals surface area contributed by atoms with E-state index in [1.807, 2.05) is 0 Å². The van der Waals surface area contributed by atoms with Crippen LogP contribution in [0.5, 0.6) is 0 Å². The number of sulfonamides is 1. The van der Waals surface area contributed by atoms with E-state index in [9.17, 15) is 12.6 Å². The van der Waals surface area contributed by atoms with Gasteiger partial charge in [0.25, 0.3) is 0 Å². The monoisotopic (exact) mass is 200 g/mol. The number of nitrogens with one attached hydrogen (secondary N) is 1. The Hall–Kier alpha value is -0.280. The van der Waals surface area contributed by atoms with Gasteiger partial charge in [-0.1, -0.05) is 6.08 Å². The van der Waals surface area contributed by atoms with Crippen LogP contribution in [0.4, 0.5) is 0 Å². The molecule has 0 aliphatic carbocycles. The summed E-state index contributed by atoms with van der Waals surface area (Å²) in [5.41, 5.74) is 0. The van der Waals surface area contributed by atoms with Crippen molar-refractivity contribution in [1.29, 1.82) is 0 Å². The van der Waals surface area contributed by atoms with E-state index in [4.69, 9.17) is 4.55 Å². The van der Waals surface area contributed by atoms with Gasteiger partial charge in [0.2, 0.25) is 10.0 Å². The van der Waals surface area contributed by atoms with Crippen LogP contribution in [0, 0.1) is 0 Å². The molecular weight excluding hydrogens is 192 g/mol. The number of nitrogens with two attached hydrogens (primary N) is 1. The molecule has 0 saturated heterocycles. The van der Waals surface area contributed by atoms with Crippen molar-refractivity contribution in [3.8, 4) is 0 Å². The van der Waals surface area contributed by atoms with E-state index in [1.54, 1.807) is 0 Å². The lowest BCUT2D eigenvalue weighted by molar-refractivity contribution is 0.555. The van der Waals surface area contributed by atoms with Gasteiger partial charge >= 0.3 is 0 Å². The molecule has 0 aromatic heterocycles. The molecule has 66 valence electrons. The molecular formula is C3H8N2O4S2. The largest absolute Gasteiger partial charge is 0.305 e. The lowest BCUT2D eigenvalue weighted by Gasteiger charge is -2.06. The molecule has 0 aromatic rings. The molecule has 6 nitrogen and oxygen atoms in total. The minimum atomic E-state index is -3.95. The van der Waals surface area contributed by atoms with Crippen LogP contribution < -0.4 is 10.7 Å². The Morgan fingerprint density at radius 1 is 1.73 bits per heavy atom. The van der Waals surface area contributed by atoms with Crippen LogP contribution >= 0.6 is 0 Å². The number of hydrogen-bond donors (Lipinski definition) is 3. The summed E-state index contributed by atoms with van der Waals surface area (Å²) < 4.78 is 38.5. The van der Waals surface area contributed by atoms with E-state index in [1.165, 1.54) is 4.83 Å². The third-order valence-corrected chi connectivity index (χ3v) is 3.84. The van der Waals surface area contributed by atoms with Crippen LogP contribution in [0.25, 0.3) is 0 Å². The second-order valence-electron chi connectivity index (χ2n) is 1.54. The van der Waals surface area contributed by atoms with Crippen molar-refractivity contribution in [2.45, 2.75) is 4.58 Å². The van der Waals surface area contributed by atoms with Gasteiger partial charge in [-0.15, -0.1) is 6.58 Å². The van der Waals surface area contributed by atoms with Crippen molar-refractivity contribution in [2.75, 3.05) is 0 Å². The first-order chi connectivity index (χ1) is 4.95. The molecule has 0 bridgehead atoms. The smallest absolute Gasteiger partial charge is 0.244 e. The molecule has 0 fully saturated rings. The Bertz CT molecular complexity index is 259. The van der Waals surface area contributed by atoms with Crippen LogP contribution in [-0.4, -0.2) is 21.8 Å². The summed E-state index contributed by atoms with van der Waals surface area (Å²) in [5.74, 6) is 4.59. The van der Waals surface area contributed by atoms with Crippen molar-refractivity contribution in [1.82, 2.24) is 4.83 Å². The maximum absolute atomic E-state index is 10.7. The second-order valence-corrected chi connectivity index (χ2v) is 4.74. The Morgan fingerprint density at radius 2 is 2.18 bits per heavy atom. The summed E-state index contributed by atoms with van der Waals surface area (Å²) in [7, 11) is -3.95. The number of hydrazine groups is 1. The summed E-state index contributed by atoms with van der Waals surface area (Å²) in [4.78, 5) is 1.42. The first kappa shape index (κ1) is 10.7. The van der Waals surface area contributed by atoms with E-state index in [0.29, 0.717) is 0 Å². The van der Waals surface area contributed by atoms with Crippen LogP contribution in [0.3, 0.4) is 0 Å². The van der Waals surface area contributed by atoms with Crippen molar-refractivity contribution < 1.29 is 17.2 Å². The summed E-state index contributed by atoms with van der Waals surface area (Å²) in [6.45, 7) is 3.07. The van der Waals surface area contributed by atoms with Gasteiger partial charge in [0.15, 0.2) is 15.7 Å². The SMILES string of the molecule is C=CC(S(=O)O)S(=O)(=O)NN. The fraction of sp³-hybridized carbons (Fsp3) is 0.333. The van der Waals surface area contributed by atoms with Gasteiger partial charge in [-0.25, -0.2) is 12.6 Å². The van der Waals surface area contributed by atoms with Crippen LogP contribution in [-0.2, 0) is 21.1 Å². The Labute approximate surface area is 66.8 Å². The first-order valence-electron chi connectivity index (χ1n) is 2.39. The highest BCUT2D eigenvalue weighted by atomic mass is 32.3. The molecule has 0 heterocycles. The van der Waals surface area contributed by atoms with Crippen LogP contribution in [0.1, 0.15) is 0 Å². The van der Waals surface area contributed by atoms with Gasteiger partial charge in [-0.2, -0.15) is 4.83 Å². The van der Waals surface area contributed by atoms with Crippen molar-refractivity contribution in [3.63, 3.8) is 0 Å². The summed E-state index contributed by atoms with van der Waals surface area (Å²) in [6, 6.07) is 0. The molecule has 0 spiro atoms. The summed E-state index contributed by atoms with van der Waals surface area (Å²) >= 11 is -2.52. The number of rotatable bonds is 4. The predicted octanol–water partition coefficient (Wildman–Crippen LogP) is -1.49. The third kappa shape index (κ3) is 2.67. The minimum Gasteiger partial charge on any atom is -0.305 e. The Kier molecular flexibility index (Phi) is 3.83. The fourth-order valence-corrected chi connectivity index (χ4v) is 1.97. The van der Waals surface area contributed by atoms with Gasteiger partial charge < -0.3 is 4.55 Å². The Morgan fingerprint density at radius 3 is 2.27 bits per heavy atom. The predicted molar refractivity (Wildman–Crippen MR) is 41.0 cm³/mol. The third-order valence-electron chi connectivity index (χ3n) is 0.861. The Balaban J connectivity index is 4.80. The topological polar surface area (TPSA) is 109 Å². The lowest BCUT2D eigenvalue weighted by Crippen LogP contribution is -2.39. The summed E-state index contributed by atoms with van der Waals surface area (Å²) in [6.07, 6.45) is 0.825. The van der Waals surface area contributed by atoms with Crippen LogP contribution in [0.2, 0.25) is 0 Å². The van der Waals surface area contributed by atoms with Gasteiger partial charge in [0, 0.05) is 0 Å². The maximum Gasteiger partial charge on any atom is 0.244 e. The van der Waals surface area contributed by atoms with Gasteiger partial charge in [0.05, 0.1) is 0 Å². The molecule has 0 aliphatic heterocycles. The normalized spacial score (nSPS) is 17.3. The lowest BCUT2D eigenvalue weighted by atomic mass is 10.8. The maximum atomic E-state index is 10.7. The summed E-state index contributed by atoms with van der Waals surface area (Å²) in [5, 5.41) is 0. The van der Waals surface area contributed by atoms with Crippen molar-refractivity contribution in [3.05, 3.63) is 12.7 Å². The molecule has 8 heteroatoms. The quantitative estimate of drug-likeness (QED) is 0.222. The molecule has 2 unspecified atom stereocenters. The molecule has 11 heavy (non-hydrogen) atoms. The van der Waals surface area contributed by atoms with E-state index in [2.05, 4.69) is 12.4 Å². The zero-order valence-corrected chi connectivity index (χ0v) is 7.06. The average Bonchev–Trinajstić information content (AvgIpc) is 1.88. The van der Waals surface area contributed by atoms with Gasteiger partial charge in [-0.05, 0) is 0 Å². The number of hydrogen-bond acceptors (Lipinski definition) is 4. The van der Waals surface area contributed by atoms with E-state index >= 15 is 0 Å². The van der Waals surface area contributed by atoms with E-state index < -0.39 is 25.7 Å². The fourth-order valence-electron chi connectivity index (χ4n) is 0.384. The van der Waals surface area contributed by atoms with E-state index in [-0.39, 0.29) is 0 Å². The van der Waals surface area contributed by atoms with Crippen LogP contribution in [0.15, 0.2) is 12.7 Å². The van der Waals surface area contributed by atoms with E-state index in [0.717, 1.165) is 6.08 Å². The molecule has 0 saturated carbocycles. The highest BCUT2D eigenvalue weighted by molar-refractivity contribution is 8.03. The molecule has 4 N–H and O–H groups in total. The highest BCUT2D eigenvalue weighted by Gasteiger charge is 2.26. The minimum absolute atomic E-state index is 0.825. The average molecular weight is 200 g/mol. The molecule has 0 aliphatic rings. The molecule has 0 aromatic carbocycles. The van der Waals surface area contributed by atoms with Crippen molar-refractivity contribution >= 4 is 21.1 Å². The zero-order chi connectivity index (χ0) is 9.07. The molecule has 0 amide bonds. The van der Waals surface area contributed by atoms with Crippen molar-refractivity contribution in [2.24, 2.45) is 5.84 Å². The van der Waals surface area contributed by atoms with Gasteiger partial charge in [0.1, 0.15) is 0 Å². The standard InChI is InChI=1S/C3H8N2O4S2/c1-2-3(10(6)7)11(8,9)5-4/h2-3,5H,1,4H2,(H,6,7). The molecule has 0 radical (unpaired) electrons. The molecule has 2 atom stereocenters. The molecule has 0 rings (SSSR count). The highest BCUT2D eigenvalue weighted by Crippen LogP contribution is 2.02. The first-order valence-corrected chi connectivity index (χ1v) is 5.10. The zero-order valence-electron chi connectivity index (χ0n) is 5.43. The second kappa shape index (κ2) is 3.93. The van der Waals surface area contributed by atoms with Gasteiger partial charge in [-0.3, -0.25) is 5.84 Å².